The van der Waals surface area contributed by atoms with Gasteiger partial charge in [0.1, 0.15) is 12.1 Å². The van der Waals surface area contributed by atoms with E-state index < -0.39 is 0 Å². The van der Waals surface area contributed by atoms with Crippen LogP contribution in [-0.2, 0) is 0 Å². The first-order valence-corrected chi connectivity index (χ1v) is 8.16. The number of fused-ring (bicyclic) bond motifs is 1. The molecule has 0 spiro atoms. The third-order valence-electron chi connectivity index (χ3n) is 4.64. The fourth-order valence-corrected chi connectivity index (χ4v) is 3.58. The molecule has 24 heavy (non-hydrogen) atoms. The predicted molar refractivity (Wildman–Crippen MR) is 90.7 cm³/mol. The highest BCUT2D eigenvalue weighted by molar-refractivity contribution is 5.50. The maximum Gasteiger partial charge on any atom is 0.254 e. The van der Waals surface area contributed by atoms with Crippen LogP contribution in [0.2, 0.25) is 0 Å². The van der Waals surface area contributed by atoms with Crippen LogP contribution in [0, 0.1) is 18.3 Å². The molecule has 2 unspecified atom stereocenters. The van der Waals surface area contributed by atoms with Gasteiger partial charge in [0.25, 0.3) is 5.78 Å². The second-order valence-corrected chi connectivity index (χ2v) is 6.15. The summed E-state index contributed by atoms with van der Waals surface area (Å²) >= 11 is 0. The van der Waals surface area contributed by atoms with Gasteiger partial charge in [0.15, 0.2) is 0 Å². The van der Waals surface area contributed by atoms with Gasteiger partial charge in [-0.3, -0.25) is 0 Å². The van der Waals surface area contributed by atoms with Crippen LogP contribution in [0.4, 0.5) is 5.82 Å². The molecule has 2 atom stereocenters. The van der Waals surface area contributed by atoms with Crippen LogP contribution in [-0.4, -0.2) is 32.2 Å². The minimum atomic E-state index is -0.166. The summed E-state index contributed by atoms with van der Waals surface area (Å²) in [6.07, 6.45) is 3.58. The zero-order valence-corrected chi connectivity index (χ0v) is 13.5. The lowest BCUT2D eigenvalue weighted by Crippen LogP contribution is -2.35. The van der Waals surface area contributed by atoms with E-state index in [-0.39, 0.29) is 12.0 Å². The summed E-state index contributed by atoms with van der Waals surface area (Å²) in [5.74, 6) is 1.40. The lowest BCUT2D eigenvalue weighted by atomic mass is 9.91. The molecule has 0 amide bonds. The molecule has 1 fully saturated rings. The Hall–Kier alpha value is -2.94. The van der Waals surface area contributed by atoms with Crippen molar-refractivity contribution in [1.82, 2.24) is 19.6 Å². The van der Waals surface area contributed by atoms with Crippen molar-refractivity contribution in [2.45, 2.75) is 31.7 Å². The second-order valence-electron chi connectivity index (χ2n) is 6.15. The van der Waals surface area contributed by atoms with E-state index in [4.69, 9.17) is 0 Å². The van der Waals surface area contributed by atoms with E-state index in [1.165, 1.54) is 6.33 Å². The number of aryl methyl sites for hydroxylation is 1. The van der Waals surface area contributed by atoms with Crippen molar-refractivity contribution in [3.63, 3.8) is 0 Å². The Morgan fingerprint density at radius 2 is 2.12 bits per heavy atom. The summed E-state index contributed by atoms with van der Waals surface area (Å²) in [4.78, 5) is 10.9. The standard InChI is InChI=1S/C18H18N6/c1-13-10-17(24-18(22-13)20-12-21-24)23-9-5-8-16(23)15(11-19)14-6-3-2-4-7-14/h2-4,6-7,10,12,15-16H,5,8-9H2,1H3. The lowest BCUT2D eigenvalue weighted by molar-refractivity contribution is 0.602. The van der Waals surface area contributed by atoms with E-state index in [1.807, 2.05) is 43.3 Å². The van der Waals surface area contributed by atoms with Gasteiger partial charge in [0.05, 0.1) is 18.0 Å². The largest absolute Gasteiger partial charge is 0.352 e. The summed E-state index contributed by atoms with van der Waals surface area (Å²) in [5.41, 5.74) is 1.97. The van der Waals surface area contributed by atoms with Crippen LogP contribution in [0.25, 0.3) is 5.78 Å². The summed E-state index contributed by atoms with van der Waals surface area (Å²) in [7, 11) is 0. The second kappa shape index (κ2) is 5.93. The van der Waals surface area contributed by atoms with Crippen molar-refractivity contribution >= 4 is 11.6 Å². The lowest BCUT2D eigenvalue weighted by Gasteiger charge is -2.30. The highest BCUT2D eigenvalue weighted by atomic mass is 15.4. The summed E-state index contributed by atoms with van der Waals surface area (Å²) in [6.45, 7) is 2.87. The molecule has 0 bridgehead atoms. The average Bonchev–Trinajstić information content (AvgIpc) is 3.25. The van der Waals surface area contributed by atoms with Crippen molar-refractivity contribution in [3.05, 3.63) is 54.0 Å². The smallest absolute Gasteiger partial charge is 0.254 e. The van der Waals surface area contributed by atoms with Gasteiger partial charge in [0, 0.05) is 18.3 Å². The number of rotatable bonds is 3. The maximum atomic E-state index is 9.81. The molecular formula is C18H18N6. The monoisotopic (exact) mass is 318 g/mol. The van der Waals surface area contributed by atoms with Crippen LogP contribution in [0.1, 0.15) is 30.0 Å². The normalized spacial score (nSPS) is 18.7. The molecule has 0 saturated carbocycles. The van der Waals surface area contributed by atoms with E-state index in [0.717, 1.165) is 36.5 Å². The van der Waals surface area contributed by atoms with Crippen LogP contribution in [0.15, 0.2) is 42.7 Å². The Balaban J connectivity index is 1.77. The zero-order valence-electron chi connectivity index (χ0n) is 13.5. The molecule has 6 nitrogen and oxygen atoms in total. The van der Waals surface area contributed by atoms with Gasteiger partial charge < -0.3 is 4.90 Å². The highest BCUT2D eigenvalue weighted by Gasteiger charge is 2.34. The Bertz CT molecular complexity index is 895. The molecule has 1 aliphatic rings. The van der Waals surface area contributed by atoms with E-state index >= 15 is 0 Å². The number of hydrogen-bond donors (Lipinski definition) is 0. The third kappa shape index (κ3) is 2.38. The summed E-state index contributed by atoms with van der Waals surface area (Å²) < 4.78 is 1.77. The molecule has 3 aromatic rings. The Morgan fingerprint density at radius 3 is 2.92 bits per heavy atom. The minimum absolute atomic E-state index is 0.131. The van der Waals surface area contributed by atoms with Crippen molar-refractivity contribution in [1.29, 1.82) is 5.26 Å². The van der Waals surface area contributed by atoms with Gasteiger partial charge in [-0.2, -0.15) is 19.9 Å². The summed E-state index contributed by atoms with van der Waals surface area (Å²) in [6, 6.07) is 14.7. The number of nitriles is 1. The quantitative estimate of drug-likeness (QED) is 0.742. The highest BCUT2D eigenvalue weighted by Crippen LogP contribution is 2.34. The molecule has 0 aliphatic carbocycles. The Labute approximate surface area is 140 Å². The van der Waals surface area contributed by atoms with Crippen LogP contribution < -0.4 is 4.90 Å². The predicted octanol–water partition coefficient (Wildman–Crippen LogP) is 2.71. The van der Waals surface area contributed by atoms with Gasteiger partial charge >= 0.3 is 0 Å². The molecular weight excluding hydrogens is 300 g/mol. The molecule has 0 N–H and O–H groups in total. The minimum Gasteiger partial charge on any atom is -0.352 e. The molecule has 3 heterocycles. The molecule has 1 aliphatic heterocycles. The Morgan fingerprint density at radius 1 is 1.29 bits per heavy atom. The van der Waals surface area contributed by atoms with Gasteiger partial charge in [-0.05, 0) is 25.3 Å². The molecule has 6 heteroatoms. The van der Waals surface area contributed by atoms with E-state index in [9.17, 15) is 5.26 Å². The number of hydrogen-bond acceptors (Lipinski definition) is 5. The Kier molecular flexibility index (Phi) is 3.62. The number of nitrogens with zero attached hydrogens (tertiary/aromatic N) is 6. The van der Waals surface area contributed by atoms with Gasteiger partial charge in [-0.15, -0.1) is 0 Å². The molecule has 1 saturated heterocycles. The van der Waals surface area contributed by atoms with Crippen molar-refractivity contribution in [2.75, 3.05) is 11.4 Å². The van der Waals surface area contributed by atoms with E-state index in [2.05, 4.69) is 26.0 Å². The van der Waals surface area contributed by atoms with Gasteiger partial charge in [-0.1, -0.05) is 30.3 Å². The average molecular weight is 318 g/mol. The molecule has 0 radical (unpaired) electrons. The van der Waals surface area contributed by atoms with E-state index in [0.29, 0.717) is 5.78 Å². The number of benzene rings is 1. The van der Waals surface area contributed by atoms with Crippen LogP contribution in [0.5, 0.6) is 0 Å². The summed E-state index contributed by atoms with van der Waals surface area (Å²) in [5, 5.41) is 14.1. The first kappa shape index (κ1) is 14.6. The fraction of sp³-hybridized carbons (Fsp3) is 0.333. The number of anilines is 1. The van der Waals surface area contributed by atoms with Crippen molar-refractivity contribution in [3.8, 4) is 6.07 Å². The number of aromatic nitrogens is 4. The van der Waals surface area contributed by atoms with Gasteiger partial charge in [-0.25, -0.2) is 4.98 Å². The fourth-order valence-electron chi connectivity index (χ4n) is 3.58. The topological polar surface area (TPSA) is 70.1 Å². The first-order chi connectivity index (χ1) is 11.8. The molecule has 1 aromatic carbocycles. The van der Waals surface area contributed by atoms with Crippen LogP contribution >= 0.6 is 0 Å². The zero-order chi connectivity index (χ0) is 16.5. The molecule has 120 valence electrons. The van der Waals surface area contributed by atoms with Crippen molar-refractivity contribution < 1.29 is 0 Å². The van der Waals surface area contributed by atoms with Crippen LogP contribution in [0.3, 0.4) is 0 Å². The molecule has 4 rings (SSSR count). The maximum absolute atomic E-state index is 9.81. The molecule has 2 aromatic heterocycles. The first-order valence-electron chi connectivity index (χ1n) is 8.16. The third-order valence-corrected chi connectivity index (χ3v) is 4.64. The van der Waals surface area contributed by atoms with Crippen molar-refractivity contribution in [2.24, 2.45) is 0 Å². The van der Waals surface area contributed by atoms with Gasteiger partial charge in [0.2, 0.25) is 0 Å². The SMILES string of the molecule is Cc1cc(N2CCCC2C(C#N)c2ccccc2)n2ncnc2n1. The van der Waals surface area contributed by atoms with E-state index in [1.54, 1.807) is 4.52 Å².